The normalized spacial score (nSPS) is 10.7. The van der Waals surface area contributed by atoms with Crippen LogP contribution in [0.15, 0.2) is 18.2 Å². The Kier molecular flexibility index (Phi) is 4.40. The SMILES string of the molecule is Cc1nn(C)c(CNc2cc(I)ccc2Cl)c1Cl. The molecule has 0 fully saturated rings. The Morgan fingerprint density at radius 1 is 1.39 bits per heavy atom. The minimum atomic E-state index is 0.593. The number of hydrogen-bond donors (Lipinski definition) is 1. The lowest BCUT2D eigenvalue weighted by Gasteiger charge is -2.09. The van der Waals surface area contributed by atoms with Crippen LogP contribution in [0.1, 0.15) is 11.4 Å². The Morgan fingerprint density at radius 2 is 2.11 bits per heavy atom. The highest BCUT2D eigenvalue weighted by Crippen LogP contribution is 2.26. The van der Waals surface area contributed by atoms with Crippen molar-refractivity contribution in [3.8, 4) is 0 Å². The topological polar surface area (TPSA) is 29.9 Å². The average molecular weight is 396 g/mol. The van der Waals surface area contributed by atoms with Crippen molar-refractivity contribution in [2.45, 2.75) is 13.5 Å². The summed E-state index contributed by atoms with van der Waals surface area (Å²) in [6.07, 6.45) is 0. The van der Waals surface area contributed by atoms with Crippen molar-refractivity contribution in [2.75, 3.05) is 5.32 Å². The van der Waals surface area contributed by atoms with Crippen molar-refractivity contribution >= 4 is 51.5 Å². The van der Waals surface area contributed by atoms with Gasteiger partial charge in [0.2, 0.25) is 0 Å². The van der Waals surface area contributed by atoms with Gasteiger partial charge in [-0.1, -0.05) is 23.2 Å². The lowest BCUT2D eigenvalue weighted by molar-refractivity contribution is 0.713. The van der Waals surface area contributed by atoms with E-state index in [0.717, 1.165) is 20.6 Å². The first-order chi connectivity index (χ1) is 8.49. The molecule has 0 amide bonds. The third-order valence-electron chi connectivity index (χ3n) is 2.64. The van der Waals surface area contributed by atoms with Gasteiger partial charge in [-0.3, -0.25) is 4.68 Å². The second-order valence-corrected chi connectivity index (χ2v) is 5.98. The standard InChI is InChI=1S/C12H12Cl2IN3/c1-7-12(14)11(18(2)17-7)6-16-10-5-8(15)3-4-9(10)13/h3-5,16H,6H2,1-2H3. The highest BCUT2D eigenvalue weighted by atomic mass is 127. The molecule has 96 valence electrons. The van der Waals surface area contributed by atoms with Crippen LogP contribution >= 0.6 is 45.8 Å². The molecular formula is C12H12Cl2IN3. The molecule has 0 unspecified atom stereocenters. The quantitative estimate of drug-likeness (QED) is 0.787. The van der Waals surface area contributed by atoms with Crippen LogP contribution in [0, 0.1) is 10.5 Å². The Bertz CT molecular complexity index is 581. The van der Waals surface area contributed by atoms with Gasteiger partial charge in [-0.2, -0.15) is 5.10 Å². The molecule has 1 aromatic carbocycles. The summed E-state index contributed by atoms with van der Waals surface area (Å²) in [4.78, 5) is 0. The maximum atomic E-state index is 6.19. The van der Waals surface area contributed by atoms with Crippen LogP contribution in [0.3, 0.4) is 0 Å². The largest absolute Gasteiger partial charge is 0.378 e. The van der Waals surface area contributed by atoms with E-state index in [-0.39, 0.29) is 0 Å². The summed E-state index contributed by atoms with van der Waals surface area (Å²) in [5.74, 6) is 0. The van der Waals surface area contributed by atoms with Gasteiger partial charge in [0.05, 0.1) is 33.7 Å². The second kappa shape index (κ2) is 5.67. The van der Waals surface area contributed by atoms with Crippen molar-refractivity contribution in [3.05, 3.63) is 43.2 Å². The van der Waals surface area contributed by atoms with Crippen molar-refractivity contribution in [1.29, 1.82) is 0 Å². The van der Waals surface area contributed by atoms with Crippen LogP contribution in [-0.4, -0.2) is 9.78 Å². The lowest BCUT2D eigenvalue weighted by atomic mass is 10.3. The third-order valence-corrected chi connectivity index (χ3v) is 4.13. The van der Waals surface area contributed by atoms with Gasteiger partial charge < -0.3 is 5.32 Å². The Hall–Kier alpha value is -0.460. The van der Waals surface area contributed by atoms with E-state index < -0.39 is 0 Å². The van der Waals surface area contributed by atoms with Crippen molar-refractivity contribution in [3.63, 3.8) is 0 Å². The molecule has 0 spiro atoms. The van der Waals surface area contributed by atoms with Gasteiger partial charge in [-0.05, 0) is 47.7 Å². The zero-order valence-electron chi connectivity index (χ0n) is 9.97. The summed E-state index contributed by atoms with van der Waals surface area (Å²) < 4.78 is 2.92. The summed E-state index contributed by atoms with van der Waals surface area (Å²) in [5, 5.41) is 8.96. The molecule has 0 aliphatic heterocycles. The van der Waals surface area contributed by atoms with E-state index in [9.17, 15) is 0 Å². The molecule has 1 N–H and O–H groups in total. The second-order valence-electron chi connectivity index (χ2n) is 3.95. The molecule has 3 nitrogen and oxygen atoms in total. The number of hydrogen-bond acceptors (Lipinski definition) is 2. The molecule has 18 heavy (non-hydrogen) atoms. The molecular weight excluding hydrogens is 384 g/mol. The average Bonchev–Trinajstić information content (AvgIpc) is 2.55. The number of nitrogens with zero attached hydrogens (tertiary/aromatic N) is 2. The molecule has 0 aliphatic carbocycles. The van der Waals surface area contributed by atoms with E-state index in [1.165, 1.54) is 0 Å². The first-order valence-corrected chi connectivity index (χ1v) is 7.19. The van der Waals surface area contributed by atoms with E-state index in [0.29, 0.717) is 16.6 Å². The first kappa shape index (κ1) is 14.0. The molecule has 0 atom stereocenters. The minimum absolute atomic E-state index is 0.593. The zero-order chi connectivity index (χ0) is 13.3. The van der Waals surface area contributed by atoms with Crippen molar-refractivity contribution in [1.82, 2.24) is 9.78 Å². The van der Waals surface area contributed by atoms with Crippen LogP contribution in [0.5, 0.6) is 0 Å². The zero-order valence-corrected chi connectivity index (χ0v) is 13.6. The van der Waals surface area contributed by atoms with Gasteiger partial charge in [0.15, 0.2) is 0 Å². The monoisotopic (exact) mass is 395 g/mol. The van der Waals surface area contributed by atoms with E-state index >= 15 is 0 Å². The molecule has 0 radical (unpaired) electrons. The molecule has 0 bridgehead atoms. The highest BCUT2D eigenvalue weighted by Gasteiger charge is 2.11. The molecule has 0 aliphatic rings. The molecule has 2 aromatic rings. The number of anilines is 1. The molecule has 1 aromatic heterocycles. The summed E-state index contributed by atoms with van der Waals surface area (Å²) in [5.41, 5.74) is 2.69. The fourth-order valence-corrected chi connectivity index (χ4v) is 2.59. The summed E-state index contributed by atoms with van der Waals surface area (Å²) in [6, 6.07) is 5.84. The number of aromatic nitrogens is 2. The molecule has 2 rings (SSSR count). The first-order valence-electron chi connectivity index (χ1n) is 5.36. The predicted molar refractivity (Wildman–Crippen MR) is 84.5 cm³/mol. The fourth-order valence-electron chi connectivity index (χ4n) is 1.68. The van der Waals surface area contributed by atoms with Gasteiger partial charge >= 0.3 is 0 Å². The van der Waals surface area contributed by atoms with Gasteiger partial charge in [-0.25, -0.2) is 0 Å². The summed E-state index contributed by atoms with van der Waals surface area (Å²) in [7, 11) is 1.88. The maximum Gasteiger partial charge on any atom is 0.0865 e. The molecule has 0 saturated carbocycles. The molecule has 0 saturated heterocycles. The van der Waals surface area contributed by atoms with Crippen LogP contribution in [-0.2, 0) is 13.6 Å². The van der Waals surface area contributed by atoms with Gasteiger partial charge in [-0.15, -0.1) is 0 Å². The number of rotatable bonds is 3. The highest BCUT2D eigenvalue weighted by molar-refractivity contribution is 14.1. The van der Waals surface area contributed by atoms with Crippen molar-refractivity contribution in [2.24, 2.45) is 7.05 Å². The number of aryl methyl sites for hydroxylation is 2. The maximum absolute atomic E-state index is 6.19. The third kappa shape index (κ3) is 2.92. The lowest BCUT2D eigenvalue weighted by Crippen LogP contribution is -2.06. The Balaban J connectivity index is 2.19. The van der Waals surface area contributed by atoms with Gasteiger partial charge in [0, 0.05) is 10.6 Å². The van der Waals surface area contributed by atoms with Gasteiger partial charge in [0.1, 0.15) is 0 Å². The number of nitrogens with one attached hydrogen (secondary N) is 1. The number of benzene rings is 1. The summed E-state index contributed by atoms with van der Waals surface area (Å²) >= 11 is 14.6. The predicted octanol–water partition coefficient (Wildman–Crippen LogP) is 4.25. The van der Waals surface area contributed by atoms with Crippen molar-refractivity contribution < 1.29 is 0 Å². The minimum Gasteiger partial charge on any atom is -0.378 e. The Labute approximate surface area is 130 Å². The van der Waals surface area contributed by atoms with E-state index in [2.05, 4.69) is 33.0 Å². The molecule has 6 heteroatoms. The van der Waals surface area contributed by atoms with Gasteiger partial charge in [0.25, 0.3) is 0 Å². The summed E-state index contributed by atoms with van der Waals surface area (Å²) in [6.45, 7) is 2.49. The smallest absolute Gasteiger partial charge is 0.0865 e. The van der Waals surface area contributed by atoms with Crippen LogP contribution in [0.2, 0.25) is 10.0 Å². The van der Waals surface area contributed by atoms with Crippen LogP contribution in [0.4, 0.5) is 5.69 Å². The Morgan fingerprint density at radius 3 is 2.72 bits per heavy atom. The van der Waals surface area contributed by atoms with E-state index in [4.69, 9.17) is 23.2 Å². The van der Waals surface area contributed by atoms with E-state index in [1.54, 1.807) is 4.68 Å². The fraction of sp³-hybridized carbons (Fsp3) is 0.250. The number of halogens is 3. The van der Waals surface area contributed by atoms with E-state index in [1.807, 2.05) is 32.2 Å². The van der Waals surface area contributed by atoms with Crippen LogP contribution < -0.4 is 5.32 Å². The van der Waals surface area contributed by atoms with Crippen LogP contribution in [0.25, 0.3) is 0 Å². The molecule has 1 heterocycles.